The van der Waals surface area contributed by atoms with Crippen LogP contribution in [0.15, 0.2) is 47.2 Å². The minimum atomic E-state index is -0.171. The van der Waals surface area contributed by atoms with Crippen molar-refractivity contribution in [1.82, 2.24) is 9.97 Å². The smallest absolute Gasteiger partial charge is 0.137 e. The number of pyridine rings is 1. The first-order valence-electron chi connectivity index (χ1n) is 5.59. The number of benzene rings is 1. The van der Waals surface area contributed by atoms with Crippen molar-refractivity contribution in [1.29, 1.82) is 0 Å². The fourth-order valence-electron chi connectivity index (χ4n) is 2.03. The maximum absolute atomic E-state index is 13.6. The summed E-state index contributed by atoms with van der Waals surface area (Å²) in [6.07, 6.45) is 4.19. The molecule has 2 nitrogen and oxygen atoms in total. The van der Waals surface area contributed by atoms with E-state index in [2.05, 4.69) is 25.9 Å². The molecule has 3 rings (SSSR count). The van der Waals surface area contributed by atoms with Crippen molar-refractivity contribution in [3.05, 3.63) is 64.1 Å². The first kappa shape index (κ1) is 11.4. The van der Waals surface area contributed by atoms with Crippen LogP contribution < -0.4 is 0 Å². The lowest BCUT2D eigenvalue weighted by molar-refractivity contribution is 0.614. The molecule has 4 heteroatoms. The SMILES string of the molecule is Fc1ccccc1Cc1c[nH]c2ncc(Br)cc12. The van der Waals surface area contributed by atoms with Gasteiger partial charge in [-0.1, -0.05) is 18.2 Å². The molecule has 1 aromatic carbocycles. The molecule has 0 fully saturated rings. The number of aromatic nitrogens is 2. The van der Waals surface area contributed by atoms with Crippen molar-refractivity contribution < 1.29 is 4.39 Å². The van der Waals surface area contributed by atoms with Gasteiger partial charge in [0.15, 0.2) is 0 Å². The summed E-state index contributed by atoms with van der Waals surface area (Å²) in [5, 5.41) is 1.02. The Labute approximate surface area is 112 Å². The average Bonchev–Trinajstić information content (AvgIpc) is 2.75. The van der Waals surface area contributed by atoms with Crippen LogP contribution in [0.5, 0.6) is 0 Å². The lowest BCUT2D eigenvalue weighted by Crippen LogP contribution is -1.91. The zero-order valence-electron chi connectivity index (χ0n) is 9.45. The van der Waals surface area contributed by atoms with Gasteiger partial charge in [0, 0.05) is 28.7 Å². The van der Waals surface area contributed by atoms with E-state index in [0.29, 0.717) is 12.0 Å². The number of H-pyrrole nitrogens is 1. The van der Waals surface area contributed by atoms with Gasteiger partial charge in [-0.3, -0.25) is 0 Å². The van der Waals surface area contributed by atoms with Gasteiger partial charge in [-0.25, -0.2) is 9.37 Å². The number of rotatable bonds is 2. The van der Waals surface area contributed by atoms with Crippen LogP contribution in [0.1, 0.15) is 11.1 Å². The fraction of sp³-hybridized carbons (Fsp3) is 0.0714. The van der Waals surface area contributed by atoms with Crippen molar-refractivity contribution in [2.24, 2.45) is 0 Å². The van der Waals surface area contributed by atoms with Gasteiger partial charge in [0.25, 0.3) is 0 Å². The van der Waals surface area contributed by atoms with Crippen LogP contribution in [0.25, 0.3) is 11.0 Å². The highest BCUT2D eigenvalue weighted by Gasteiger charge is 2.08. The van der Waals surface area contributed by atoms with Crippen LogP contribution in [0.3, 0.4) is 0 Å². The molecule has 0 saturated heterocycles. The summed E-state index contributed by atoms with van der Waals surface area (Å²) in [4.78, 5) is 7.37. The molecule has 0 unspecified atom stereocenters. The Morgan fingerprint density at radius 1 is 1.22 bits per heavy atom. The molecule has 3 aromatic rings. The lowest BCUT2D eigenvalue weighted by atomic mass is 10.0. The second-order valence-corrected chi connectivity index (χ2v) is 5.05. The number of halogens is 2. The molecule has 1 N–H and O–H groups in total. The highest BCUT2D eigenvalue weighted by atomic mass is 79.9. The largest absolute Gasteiger partial charge is 0.346 e. The van der Waals surface area contributed by atoms with Crippen LogP contribution >= 0.6 is 15.9 Å². The van der Waals surface area contributed by atoms with Crippen molar-refractivity contribution >= 4 is 27.0 Å². The van der Waals surface area contributed by atoms with E-state index >= 15 is 0 Å². The number of fused-ring (bicyclic) bond motifs is 1. The summed E-state index contributed by atoms with van der Waals surface area (Å²) in [5.41, 5.74) is 2.56. The molecule has 0 saturated carbocycles. The predicted molar refractivity (Wildman–Crippen MR) is 73.0 cm³/mol. The van der Waals surface area contributed by atoms with Gasteiger partial charge in [-0.05, 0) is 39.2 Å². The predicted octanol–water partition coefficient (Wildman–Crippen LogP) is 4.06. The van der Waals surface area contributed by atoms with Crippen LogP contribution in [0, 0.1) is 5.82 Å². The summed E-state index contributed by atoms with van der Waals surface area (Å²) in [7, 11) is 0. The van der Waals surface area contributed by atoms with E-state index < -0.39 is 0 Å². The van der Waals surface area contributed by atoms with E-state index in [9.17, 15) is 4.39 Å². The zero-order valence-corrected chi connectivity index (χ0v) is 11.0. The number of aromatic amines is 1. The molecule has 2 aromatic heterocycles. The Kier molecular flexibility index (Phi) is 2.88. The maximum Gasteiger partial charge on any atom is 0.137 e. The second-order valence-electron chi connectivity index (χ2n) is 4.13. The minimum Gasteiger partial charge on any atom is -0.346 e. The molecular formula is C14H10BrFN2. The molecule has 0 radical (unpaired) electrons. The van der Waals surface area contributed by atoms with E-state index in [-0.39, 0.29) is 5.82 Å². The molecule has 0 bridgehead atoms. The first-order chi connectivity index (χ1) is 8.74. The van der Waals surface area contributed by atoms with Crippen LogP contribution in [0.4, 0.5) is 4.39 Å². The van der Waals surface area contributed by atoms with Crippen LogP contribution in [0.2, 0.25) is 0 Å². The molecule has 0 spiro atoms. The maximum atomic E-state index is 13.6. The molecule has 18 heavy (non-hydrogen) atoms. The van der Waals surface area contributed by atoms with Gasteiger partial charge < -0.3 is 4.98 Å². The Hall–Kier alpha value is -1.68. The molecule has 0 aliphatic heterocycles. The lowest BCUT2D eigenvalue weighted by Gasteiger charge is -2.02. The van der Waals surface area contributed by atoms with Crippen molar-refractivity contribution in [3.8, 4) is 0 Å². The van der Waals surface area contributed by atoms with Gasteiger partial charge in [-0.2, -0.15) is 0 Å². The molecule has 90 valence electrons. The van der Waals surface area contributed by atoms with Gasteiger partial charge in [-0.15, -0.1) is 0 Å². The van der Waals surface area contributed by atoms with Crippen molar-refractivity contribution in [3.63, 3.8) is 0 Å². The summed E-state index contributed by atoms with van der Waals surface area (Å²) in [5.74, 6) is -0.171. The van der Waals surface area contributed by atoms with E-state index in [0.717, 1.165) is 21.1 Å². The molecule has 2 heterocycles. The second kappa shape index (κ2) is 4.53. The highest BCUT2D eigenvalue weighted by Crippen LogP contribution is 2.23. The molecular weight excluding hydrogens is 295 g/mol. The third kappa shape index (κ3) is 2.04. The van der Waals surface area contributed by atoms with E-state index in [1.807, 2.05) is 18.3 Å². The normalized spacial score (nSPS) is 11.0. The fourth-order valence-corrected chi connectivity index (χ4v) is 2.36. The van der Waals surface area contributed by atoms with Crippen LogP contribution in [-0.2, 0) is 6.42 Å². The Morgan fingerprint density at radius 2 is 2.06 bits per heavy atom. The number of hydrogen-bond donors (Lipinski definition) is 1. The van der Waals surface area contributed by atoms with Crippen molar-refractivity contribution in [2.45, 2.75) is 6.42 Å². The Bertz CT molecular complexity index is 706. The van der Waals surface area contributed by atoms with Crippen molar-refractivity contribution in [2.75, 3.05) is 0 Å². The molecule has 0 aliphatic rings. The standard InChI is InChI=1S/C14H10BrFN2/c15-11-6-12-10(7-17-14(12)18-8-11)5-9-3-1-2-4-13(9)16/h1-4,6-8H,5H2,(H,17,18). The molecule has 0 atom stereocenters. The van der Waals surface area contributed by atoms with E-state index in [1.54, 1.807) is 18.3 Å². The Morgan fingerprint density at radius 3 is 2.89 bits per heavy atom. The third-order valence-corrected chi connectivity index (χ3v) is 3.36. The van der Waals surface area contributed by atoms with Gasteiger partial charge >= 0.3 is 0 Å². The summed E-state index contributed by atoms with van der Waals surface area (Å²) < 4.78 is 14.5. The summed E-state index contributed by atoms with van der Waals surface area (Å²) >= 11 is 3.40. The average molecular weight is 305 g/mol. The zero-order chi connectivity index (χ0) is 12.5. The molecule has 0 aliphatic carbocycles. The van der Waals surface area contributed by atoms with Gasteiger partial charge in [0.1, 0.15) is 11.5 Å². The number of nitrogens with zero attached hydrogens (tertiary/aromatic N) is 1. The van der Waals surface area contributed by atoms with Crippen LogP contribution in [-0.4, -0.2) is 9.97 Å². The summed E-state index contributed by atoms with van der Waals surface area (Å²) in [6, 6.07) is 8.83. The third-order valence-electron chi connectivity index (χ3n) is 2.92. The monoisotopic (exact) mass is 304 g/mol. The van der Waals surface area contributed by atoms with Gasteiger partial charge in [0.05, 0.1) is 0 Å². The minimum absolute atomic E-state index is 0.171. The van der Waals surface area contributed by atoms with Gasteiger partial charge in [0.2, 0.25) is 0 Å². The topological polar surface area (TPSA) is 28.7 Å². The van der Waals surface area contributed by atoms with E-state index in [1.165, 1.54) is 6.07 Å². The highest BCUT2D eigenvalue weighted by molar-refractivity contribution is 9.10. The first-order valence-corrected chi connectivity index (χ1v) is 6.38. The number of nitrogens with one attached hydrogen (secondary N) is 1. The number of hydrogen-bond acceptors (Lipinski definition) is 1. The quantitative estimate of drug-likeness (QED) is 0.760. The Balaban J connectivity index is 2.05. The molecule has 0 amide bonds. The van der Waals surface area contributed by atoms with E-state index in [4.69, 9.17) is 0 Å². The summed E-state index contributed by atoms with van der Waals surface area (Å²) in [6.45, 7) is 0.